The smallest absolute Gasteiger partial charge is 0.254 e. The molecular formula is C58H92N8O11P2. The van der Waals surface area contributed by atoms with Crippen molar-refractivity contribution < 1.29 is 52.6 Å². The molecule has 0 radical (unpaired) electrons. The van der Waals surface area contributed by atoms with E-state index in [1.807, 2.05) is 52.6 Å². The number of morpholine rings is 2. The molecule has 2 amide bonds. The first-order chi connectivity index (χ1) is 37.3. The molecule has 4 saturated heterocycles. The van der Waals surface area contributed by atoms with E-state index in [0.717, 1.165) is 48.4 Å². The molecule has 6 atom stereocenters. The fourth-order valence-corrected chi connectivity index (χ4v) is 15.5. The number of fused-ring (bicyclic) bond motifs is 3. The lowest BCUT2D eigenvalue weighted by Crippen LogP contribution is -2.55. The second kappa shape index (κ2) is 26.7. The highest BCUT2D eigenvalue weighted by molar-refractivity contribution is 7.59. The average molecular weight is 1140 g/mol. The Balaban J connectivity index is 0.000000229. The van der Waals surface area contributed by atoms with Gasteiger partial charge >= 0.3 is 0 Å². The summed E-state index contributed by atoms with van der Waals surface area (Å²) in [5, 5.41) is 19.4. The van der Waals surface area contributed by atoms with E-state index in [-0.39, 0.29) is 79.1 Å². The fraction of sp³-hybridized carbons (Fsp3) is 0.655. The number of carbonyl (C=O) groups excluding carboxylic acids is 2. The van der Waals surface area contributed by atoms with Gasteiger partial charge in [-0.3, -0.25) is 28.5 Å². The maximum Gasteiger partial charge on any atom is 0.254 e. The summed E-state index contributed by atoms with van der Waals surface area (Å²) in [6.07, 6.45) is 0.317. The zero-order chi connectivity index (χ0) is 57.6. The van der Waals surface area contributed by atoms with Crippen LogP contribution in [0.25, 0.3) is 11.1 Å². The number of methoxy groups -OCH3 is 1. The molecular weight excluding hydrogens is 1050 g/mol. The van der Waals surface area contributed by atoms with E-state index in [2.05, 4.69) is 89.5 Å². The predicted molar refractivity (Wildman–Crippen MR) is 310 cm³/mol. The summed E-state index contributed by atoms with van der Waals surface area (Å²) in [6, 6.07) is 19.6. The molecule has 3 aromatic rings. The first-order valence-electron chi connectivity index (χ1n) is 28.0. The number of rotatable bonds is 17. The van der Waals surface area contributed by atoms with E-state index < -0.39 is 14.9 Å². The average Bonchev–Trinajstić information content (AvgIpc) is 3.80. The summed E-state index contributed by atoms with van der Waals surface area (Å²) in [5.74, 6) is 0.00531. The van der Waals surface area contributed by atoms with Crippen LogP contribution in [-0.4, -0.2) is 236 Å². The van der Waals surface area contributed by atoms with Crippen molar-refractivity contribution in [2.45, 2.75) is 110 Å². The molecule has 2 N–H and O–H groups in total. The van der Waals surface area contributed by atoms with Gasteiger partial charge in [0.15, 0.2) is 0 Å². The van der Waals surface area contributed by atoms with E-state index >= 15 is 0 Å². The van der Waals surface area contributed by atoms with Crippen molar-refractivity contribution in [1.82, 2.24) is 38.3 Å². The number of hydrogen-bond acceptors (Lipinski definition) is 13. The number of benzene rings is 3. The number of ether oxygens (including phenoxy) is 5. The molecule has 79 heavy (non-hydrogen) atoms. The van der Waals surface area contributed by atoms with Crippen molar-refractivity contribution in [2.24, 2.45) is 0 Å². The van der Waals surface area contributed by atoms with Gasteiger partial charge in [-0.1, -0.05) is 48.5 Å². The number of amides is 2. The SMILES string of the molecule is CC1CN(C(C)(C)C)CC(COCP(=O)(N(C)C)N2CCN(C(=O)C3c4ccccc4-c4ccccc43)CC2)O1.COc1cc(C(=O)N2CCN(P(=O)(COCC3CN(C(C)(C)C)CC(C)O3)N(C)C)CC2)cc(CO)c1CO. The number of hydrogen-bond donors (Lipinski definition) is 2. The van der Waals surface area contributed by atoms with Crippen LogP contribution >= 0.6 is 14.9 Å². The number of carbonyl (C=O) groups is 2. The van der Waals surface area contributed by atoms with Crippen molar-refractivity contribution >= 4 is 26.7 Å². The van der Waals surface area contributed by atoms with E-state index in [1.54, 1.807) is 40.5 Å². The lowest BCUT2D eigenvalue weighted by molar-refractivity contribution is -0.133. The monoisotopic (exact) mass is 1140 g/mol. The molecule has 440 valence electrons. The van der Waals surface area contributed by atoms with Gasteiger partial charge in [0.25, 0.3) is 5.91 Å². The van der Waals surface area contributed by atoms with Crippen LogP contribution in [0.5, 0.6) is 5.75 Å². The van der Waals surface area contributed by atoms with Crippen molar-refractivity contribution in [1.29, 1.82) is 0 Å². The molecule has 0 aromatic heterocycles. The zero-order valence-corrected chi connectivity index (χ0v) is 51.2. The van der Waals surface area contributed by atoms with E-state index in [4.69, 9.17) is 23.7 Å². The van der Waals surface area contributed by atoms with Gasteiger partial charge in [0.1, 0.15) is 18.4 Å². The van der Waals surface area contributed by atoms with E-state index in [9.17, 15) is 28.9 Å². The second-order valence-electron chi connectivity index (χ2n) is 24.1. The van der Waals surface area contributed by atoms with Crippen LogP contribution in [0, 0.1) is 0 Å². The van der Waals surface area contributed by atoms with Gasteiger partial charge in [0.2, 0.25) is 20.8 Å². The highest BCUT2D eigenvalue weighted by atomic mass is 31.2. The minimum atomic E-state index is -3.01. The van der Waals surface area contributed by atoms with E-state index in [0.29, 0.717) is 88.0 Å². The van der Waals surface area contributed by atoms with Gasteiger partial charge in [0.05, 0.1) is 63.9 Å². The van der Waals surface area contributed by atoms with Crippen LogP contribution in [0.4, 0.5) is 0 Å². The van der Waals surface area contributed by atoms with Crippen LogP contribution in [0.2, 0.25) is 0 Å². The summed E-state index contributed by atoms with van der Waals surface area (Å²) >= 11 is 0. The molecule has 1 aliphatic carbocycles. The summed E-state index contributed by atoms with van der Waals surface area (Å²) in [6.45, 7) is 24.8. The predicted octanol–water partition coefficient (Wildman–Crippen LogP) is 6.61. The Morgan fingerprint density at radius 2 is 1.06 bits per heavy atom. The number of nitrogens with zero attached hydrogens (tertiary/aromatic N) is 8. The maximum atomic E-state index is 14.2. The third kappa shape index (κ3) is 14.8. The molecule has 0 spiro atoms. The van der Waals surface area contributed by atoms with Crippen LogP contribution < -0.4 is 4.74 Å². The van der Waals surface area contributed by atoms with Crippen molar-refractivity contribution in [3.63, 3.8) is 0 Å². The Kier molecular flexibility index (Phi) is 21.3. The van der Waals surface area contributed by atoms with Crippen LogP contribution in [-0.2, 0) is 46.1 Å². The zero-order valence-electron chi connectivity index (χ0n) is 49.4. The third-order valence-corrected chi connectivity index (χ3v) is 22.2. The molecule has 19 nitrogen and oxygen atoms in total. The Labute approximate surface area is 470 Å². The van der Waals surface area contributed by atoms with Gasteiger partial charge in [-0.2, -0.15) is 0 Å². The van der Waals surface area contributed by atoms with Crippen molar-refractivity contribution in [3.05, 3.63) is 88.5 Å². The largest absolute Gasteiger partial charge is 0.496 e. The topological polar surface area (TPSA) is 181 Å². The number of piperazine rings is 2. The quantitative estimate of drug-likeness (QED) is 0.138. The molecule has 5 aliphatic rings. The lowest BCUT2D eigenvalue weighted by Gasteiger charge is -2.44. The van der Waals surface area contributed by atoms with Crippen LogP contribution in [0.1, 0.15) is 93.9 Å². The highest BCUT2D eigenvalue weighted by Gasteiger charge is 2.42. The van der Waals surface area contributed by atoms with Gasteiger partial charge in [-0.25, -0.2) is 18.7 Å². The molecule has 0 bridgehead atoms. The Morgan fingerprint density at radius 3 is 1.46 bits per heavy atom. The third-order valence-electron chi connectivity index (χ3n) is 16.1. The lowest BCUT2D eigenvalue weighted by atomic mass is 9.95. The van der Waals surface area contributed by atoms with Gasteiger partial charge in [-0.05, 0) is 124 Å². The molecule has 4 aliphatic heterocycles. The summed E-state index contributed by atoms with van der Waals surface area (Å²) in [5.41, 5.74) is 5.85. The minimum absolute atomic E-state index is 0.0397. The Hall–Kier alpha value is -3.62. The van der Waals surface area contributed by atoms with Crippen LogP contribution in [0.15, 0.2) is 60.7 Å². The minimum Gasteiger partial charge on any atom is -0.496 e. The van der Waals surface area contributed by atoms with Gasteiger partial charge < -0.3 is 43.7 Å². The highest BCUT2D eigenvalue weighted by Crippen LogP contribution is 2.53. The molecule has 6 unspecified atom stereocenters. The molecule has 4 heterocycles. The first-order valence-corrected chi connectivity index (χ1v) is 31.6. The fourth-order valence-electron chi connectivity index (χ4n) is 11.4. The maximum absolute atomic E-state index is 14.2. The van der Waals surface area contributed by atoms with Crippen molar-refractivity contribution in [3.8, 4) is 16.9 Å². The molecule has 3 aromatic carbocycles. The normalized spacial score (nSPS) is 23.7. The Morgan fingerprint density at radius 1 is 0.633 bits per heavy atom. The number of aliphatic hydroxyl groups excluding tert-OH is 2. The molecule has 21 heteroatoms. The Bertz CT molecular complexity index is 2560. The molecule has 8 rings (SSSR count). The summed E-state index contributed by atoms with van der Waals surface area (Å²) in [4.78, 5) is 35.6. The first kappa shape index (κ1) is 63.0. The molecule has 4 fully saturated rings. The van der Waals surface area contributed by atoms with Crippen LogP contribution in [0.3, 0.4) is 0 Å². The number of aliphatic hydroxyl groups is 2. The standard InChI is InChI=1S/C31H45N4O4P.C27H47N4O7P/c1-23-19-34(31(2,3)4)20-24(39-23)21-38-22-40(37,32(5)6)35-17-15-33(16-18-35)30(36)29-27-13-9-7-11-25(27)26-12-8-10-14-28(26)29;1-20-14-30(27(2,3)4)15-23(38-20)18-37-19-39(35,28(5)6)31-10-8-29(9-11-31)26(34)21-12-22(16-32)24(17-33)25(13-21)36-7/h7-14,23-24,29H,15-22H2,1-6H3;12-13,20,23,32-33H,8-11,14-19H2,1-7H3. The summed E-state index contributed by atoms with van der Waals surface area (Å²) < 4.78 is 65.5. The van der Waals surface area contributed by atoms with Gasteiger partial charge in [-0.15, -0.1) is 0 Å². The second-order valence-corrected chi connectivity index (χ2v) is 30.0. The molecule has 0 saturated carbocycles. The van der Waals surface area contributed by atoms with Gasteiger partial charge in [0, 0.05) is 101 Å². The van der Waals surface area contributed by atoms with Crippen molar-refractivity contribution in [2.75, 3.05) is 140 Å². The van der Waals surface area contributed by atoms with E-state index in [1.165, 1.54) is 7.11 Å². The summed E-state index contributed by atoms with van der Waals surface area (Å²) in [7, 11) is 2.82.